The first-order valence-electron chi connectivity index (χ1n) is 14.2. The molecule has 0 atom stereocenters. The molecule has 12 heteroatoms. The van der Waals surface area contributed by atoms with E-state index in [1.807, 2.05) is 29.8 Å². The van der Waals surface area contributed by atoms with Gasteiger partial charge in [-0.3, -0.25) is 14.5 Å². The van der Waals surface area contributed by atoms with E-state index < -0.39 is 11.7 Å². The zero-order valence-corrected chi connectivity index (χ0v) is 25.3. The van der Waals surface area contributed by atoms with Gasteiger partial charge in [0, 0.05) is 50.6 Å². The van der Waals surface area contributed by atoms with Gasteiger partial charge in [-0.05, 0) is 75.4 Å². The Labute approximate surface area is 256 Å². The minimum atomic E-state index is -0.609. The Morgan fingerprint density at radius 1 is 1.02 bits per heavy atom. The molecule has 0 unspecified atom stereocenters. The Kier molecular flexibility index (Phi) is 10.1. The minimum Gasteiger partial charge on any atom is -0.444 e. The lowest BCUT2D eigenvalue weighted by Crippen LogP contribution is -2.39. The van der Waals surface area contributed by atoms with Gasteiger partial charge in [0.1, 0.15) is 17.2 Å². The van der Waals surface area contributed by atoms with Crippen LogP contribution in [0.5, 0.6) is 0 Å². The summed E-state index contributed by atoms with van der Waals surface area (Å²) in [5.41, 5.74) is 2.77. The molecule has 2 heterocycles. The second-order valence-corrected chi connectivity index (χ2v) is 11.0. The third-order valence-corrected chi connectivity index (χ3v) is 6.53. The van der Waals surface area contributed by atoms with Crippen LogP contribution in [0.4, 0.5) is 16.3 Å². The number of pyridine rings is 1. The lowest BCUT2D eigenvalue weighted by molar-refractivity contribution is -0.120. The lowest BCUT2D eigenvalue weighted by atomic mass is 10.1. The second-order valence-electron chi connectivity index (χ2n) is 11.0. The molecule has 0 spiro atoms. The minimum absolute atomic E-state index is 0.0335. The van der Waals surface area contributed by atoms with Crippen LogP contribution in [0, 0.1) is 11.3 Å². The fourth-order valence-corrected chi connectivity index (χ4v) is 4.36. The number of hydrogen-bond acceptors (Lipinski definition) is 8. The van der Waals surface area contributed by atoms with Crippen molar-refractivity contribution in [2.75, 3.05) is 29.9 Å². The molecule has 3 N–H and O–H groups in total. The highest BCUT2D eigenvalue weighted by atomic mass is 16.6. The molecule has 0 aliphatic heterocycles. The summed E-state index contributed by atoms with van der Waals surface area (Å²) in [4.78, 5) is 48.6. The number of benzene rings is 2. The van der Waals surface area contributed by atoms with Gasteiger partial charge in [0.2, 0.25) is 5.91 Å². The summed E-state index contributed by atoms with van der Waals surface area (Å²) < 4.78 is 7.14. The largest absolute Gasteiger partial charge is 0.444 e. The van der Waals surface area contributed by atoms with Crippen molar-refractivity contribution in [1.82, 2.24) is 25.2 Å². The summed E-state index contributed by atoms with van der Waals surface area (Å²) in [6.07, 6.45) is 1.07. The number of amides is 3. The van der Waals surface area contributed by atoms with Crippen LogP contribution in [0.3, 0.4) is 0 Å². The maximum Gasteiger partial charge on any atom is 0.407 e. The van der Waals surface area contributed by atoms with Gasteiger partial charge in [0.05, 0.1) is 29.2 Å². The summed E-state index contributed by atoms with van der Waals surface area (Å²) in [6, 6.07) is 19.8. The molecule has 0 fully saturated rings. The van der Waals surface area contributed by atoms with Crippen molar-refractivity contribution < 1.29 is 19.1 Å². The van der Waals surface area contributed by atoms with Crippen LogP contribution in [0.2, 0.25) is 0 Å². The number of anilines is 2. The number of imidazole rings is 1. The van der Waals surface area contributed by atoms with Crippen molar-refractivity contribution in [3.8, 4) is 6.07 Å². The first-order valence-corrected chi connectivity index (χ1v) is 14.2. The number of hydrogen-bond donors (Lipinski definition) is 3. The fraction of sp³-hybridized carbons (Fsp3) is 0.312. The number of rotatable bonds is 11. The maximum atomic E-state index is 13.7. The number of ether oxygens (including phenoxy) is 1. The highest BCUT2D eigenvalue weighted by molar-refractivity contribution is 6.07. The third-order valence-electron chi connectivity index (χ3n) is 6.53. The van der Waals surface area contributed by atoms with Crippen molar-refractivity contribution in [1.29, 1.82) is 5.26 Å². The molecule has 228 valence electrons. The van der Waals surface area contributed by atoms with Crippen LogP contribution >= 0.6 is 0 Å². The van der Waals surface area contributed by atoms with E-state index >= 15 is 0 Å². The molecule has 0 saturated carbocycles. The molecular weight excluding hydrogens is 560 g/mol. The number of nitriles is 1. The summed E-state index contributed by atoms with van der Waals surface area (Å²) in [6.45, 7) is 6.28. The zero-order chi connectivity index (χ0) is 31.7. The van der Waals surface area contributed by atoms with E-state index in [-0.39, 0.29) is 37.9 Å². The SMILES string of the molecule is Cn1c(CNc2ccc(C#N)cc2)nc2cc(C(=O)N(CCC(=O)NCCNC(=O)OC(C)(C)C)c3ccccn3)ccc21. The number of nitrogens with zero attached hydrogens (tertiary/aromatic N) is 5. The second kappa shape index (κ2) is 14.2. The number of fused-ring (bicyclic) bond motifs is 1. The molecule has 2 aromatic carbocycles. The number of carbonyl (C=O) groups is 3. The average molecular weight is 597 g/mol. The van der Waals surface area contributed by atoms with Crippen molar-refractivity contribution in [2.24, 2.45) is 7.05 Å². The Balaban J connectivity index is 1.40. The molecule has 2 aromatic heterocycles. The van der Waals surface area contributed by atoms with Crippen LogP contribution in [0.1, 0.15) is 48.9 Å². The molecule has 3 amide bonds. The third kappa shape index (κ3) is 8.54. The normalized spacial score (nSPS) is 11.0. The Morgan fingerprint density at radius 3 is 2.45 bits per heavy atom. The zero-order valence-electron chi connectivity index (χ0n) is 25.3. The van der Waals surface area contributed by atoms with Gasteiger partial charge in [-0.2, -0.15) is 5.26 Å². The quantitative estimate of drug-likeness (QED) is 0.218. The topological polar surface area (TPSA) is 154 Å². The first-order chi connectivity index (χ1) is 21.0. The summed E-state index contributed by atoms with van der Waals surface area (Å²) in [5.74, 6) is 0.607. The summed E-state index contributed by atoms with van der Waals surface area (Å²) >= 11 is 0. The van der Waals surface area contributed by atoms with E-state index in [4.69, 9.17) is 15.0 Å². The van der Waals surface area contributed by atoms with Crippen LogP contribution in [-0.4, -0.2) is 57.7 Å². The van der Waals surface area contributed by atoms with Gasteiger partial charge in [-0.25, -0.2) is 14.8 Å². The fourth-order valence-electron chi connectivity index (χ4n) is 4.36. The Morgan fingerprint density at radius 2 is 1.77 bits per heavy atom. The van der Waals surface area contributed by atoms with E-state index in [0.29, 0.717) is 29.0 Å². The number of aromatic nitrogens is 3. The van der Waals surface area contributed by atoms with Gasteiger partial charge in [-0.15, -0.1) is 0 Å². The smallest absolute Gasteiger partial charge is 0.407 e. The molecule has 0 radical (unpaired) electrons. The van der Waals surface area contributed by atoms with Crippen LogP contribution in [0.15, 0.2) is 66.9 Å². The standard InChI is InChI=1S/C32H36N8O4/c1-32(2,3)44-31(43)36-17-16-35-29(41)14-18-40(27-7-5-6-15-34-27)30(42)23-10-13-26-25(19-23)38-28(39(26)4)21-37-24-11-8-22(20-33)9-12-24/h5-13,15,19,37H,14,16-18,21H2,1-4H3,(H,35,41)(H,36,43). The Bertz CT molecular complexity index is 1650. The molecule has 0 saturated heterocycles. The van der Waals surface area contributed by atoms with Gasteiger partial charge in [0.25, 0.3) is 5.91 Å². The molecule has 12 nitrogen and oxygen atoms in total. The molecule has 0 aliphatic rings. The highest BCUT2D eigenvalue weighted by Crippen LogP contribution is 2.21. The van der Waals surface area contributed by atoms with Crippen LogP contribution in [0.25, 0.3) is 11.0 Å². The summed E-state index contributed by atoms with van der Waals surface area (Å²) in [7, 11) is 1.91. The van der Waals surface area contributed by atoms with E-state index in [2.05, 4.69) is 27.0 Å². The summed E-state index contributed by atoms with van der Waals surface area (Å²) in [5, 5.41) is 17.7. The predicted molar refractivity (Wildman–Crippen MR) is 167 cm³/mol. The van der Waals surface area contributed by atoms with Crippen molar-refractivity contribution in [3.63, 3.8) is 0 Å². The van der Waals surface area contributed by atoms with Gasteiger partial charge >= 0.3 is 6.09 Å². The molecular formula is C32H36N8O4. The highest BCUT2D eigenvalue weighted by Gasteiger charge is 2.21. The van der Waals surface area contributed by atoms with Crippen molar-refractivity contribution in [3.05, 3.63) is 83.8 Å². The first kappa shape index (κ1) is 31.5. The van der Waals surface area contributed by atoms with E-state index in [1.165, 1.54) is 4.90 Å². The molecule has 44 heavy (non-hydrogen) atoms. The van der Waals surface area contributed by atoms with Crippen molar-refractivity contribution in [2.45, 2.75) is 39.3 Å². The molecule has 0 bridgehead atoms. The number of alkyl carbamates (subject to hydrolysis) is 1. The molecule has 4 aromatic rings. The van der Waals surface area contributed by atoms with Gasteiger partial charge < -0.3 is 25.3 Å². The van der Waals surface area contributed by atoms with Gasteiger partial charge in [-0.1, -0.05) is 6.07 Å². The lowest BCUT2D eigenvalue weighted by Gasteiger charge is -2.22. The molecule has 4 rings (SSSR count). The maximum absolute atomic E-state index is 13.7. The van der Waals surface area contributed by atoms with Crippen molar-refractivity contribution >= 4 is 40.4 Å². The number of nitrogens with one attached hydrogen (secondary N) is 3. The van der Waals surface area contributed by atoms with E-state index in [9.17, 15) is 14.4 Å². The number of carbonyl (C=O) groups excluding carboxylic acids is 3. The van der Waals surface area contributed by atoms with E-state index in [0.717, 1.165) is 17.0 Å². The predicted octanol–water partition coefficient (Wildman–Crippen LogP) is 4.13. The van der Waals surface area contributed by atoms with E-state index in [1.54, 1.807) is 69.4 Å². The monoisotopic (exact) mass is 596 g/mol. The van der Waals surface area contributed by atoms with Crippen LogP contribution in [-0.2, 0) is 23.1 Å². The average Bonchev–Trinajstić information content (AvgIpc) is 3.32. The Hall–Kier alpha value is -5.44. The molecule has 0 aliphatic carbocycles. The number of aryl methyl sites for hydroxylation is 1. The van der Waals surface area contributed by atoms with Gasteiger partial charge in [0.15, 0.2) is 0 Å². The van der Waals surface area contributed by atoms with Crippen LogP contribution < -0.4 is 20.9 Å².